The van der Waals surface area contributed by atoms with Crippen LogP contribution in [0.2, 0.25) is 0 Å². The zero-order valence-corrected chi connectivity index (χ0v) is 15.9. The Balaban J connectivity index is 1.92. The van der Waals surface area contributed by atoms with E-state index in [2.05, 4.69) is 22.1 Å². The van der Waals surface area contributed by atoms with Crippen molar-refractivity contribution in [2.75, 3.05) is 47.6 Å². The molecule has 1 aromatic rings. The van der Waals surface area contributed by atoms with Crippen molar-refractivity contribution in [3.8, 4) is 11.5 Å². The summed E-state index contributed by atoms with van der Waals surface area (Å²) in [7, 11) is 5.35. The van der Waals surface area contributed by atoms with Crippen LogP contribution in [0, 0.1) is 5.92 Å². The van der Waals surface area contributed by atoms with Crippen LogP contribution in [0.15, 0.2) is 23.2 Å². The molecule has 1 aliphatic carbocycles. The van der Waals surface area contributed by atoms with Gasteiger partial charge in [-0.1, -0.05) is 0 Å². The number of benzene rings is 1. The predicted octanol–water partition coefficient (Wildman–Crippen LogP) is 2.53. The number of aliphatic imine (C=N–C) groups is 1. The fourth-order valence-electron chi connectivity index (χ4n) is 2.53. The molecule has 0 aromatic heterocycles. The molecule has 1 fully saturated rings. The molecular weight excluding hydrogens is 318 g/mol. The van der Waals surface area contributed by atoms with E-state index in [9.17, 15) is 0 Å². The maximum Gasteiger partial charge on any atom is 0.194 e. The van der Waals surface area contributed by atoms with Gasteiger partial charge in [-0.05, 0) is 37.8 Å². The third-order valence-electron chi connectivity index (χ3n) is 4.15. The van der Waals surface area contributed by atoms with Gasteiger partial charge in [-0.3, -0.25) is 4.99 Å². The molecule has 6 nitrogen and oxygen atoms in total. The Morgan fingerprint density at radius 1 is 1.28 bits per heavy atom. The van der Waals surface area contributed by atoms with Crippen LogP contribution < -0.4 is 14.8 Å². The van der Waals surface area contributed by atoms with Crippen molar-refractivity contribution in [2.45, 2.75) is 26.3 Å². The van der Waals surface area contributed by atoms with Crippen molar-refractivity contribution in [2.24, 2.45) is 10.9 Å². The lowest BCUT2D eigenvalue weighted by molar-refractivity contribution is 0.131. The first kappa shape index (κ1) is 19.4. The van der Waals surface area contributed by atoms with Crippen LogP contribution in [0.4, 0.5) is 0 Å². The maximum absolute atomic E-state index is 5.66. The topological polar surface area (TPSA) is 55.3 Å². The lowest BCUT2D eigenvalue weighted by atomic mass is 10.2. The smallest absolute Gasteiger partial charge is 0.194 e. The van der Waals surface area contributed by atoms with Gasteiger partial charge in [-0.25, -0.2) is 0 Å². The third-order valence-corrected chi connectivity index (χ3v) is 4.15. The highest BCUT2D eigenvalue weighted by Crippen LogP contribution is 2.28. The van der Waals surface area contributed by atoms with Crippen molar-refractivity contribution >= 4 is 5.96 Å². The highest BCUT2D eigenvalue weighted by molar-refractivity contribution is 5.79. The summed E-state index contributed by atoms with van der Waals surface area (Å²) in [6, 6.07) is 5.87. The second-order valence-electron chi connectivity index (χ2n) is 6.29. The molecule has 2 rings (SSSR count). The van der Waals surface area contributed by atoms with Gasteiger partial charge in [0.25, 0.3) is 0 Å². The van der Waals surface area contributed by atoms with E-state index < -0.39 is 0 Å². The van der Waals surface area contributed by atoms with Gasteiger partial charge < -0.3 is 24.4 Å². The van der Waals surface area contributed by atoms with Crippen LogP contribution in [-0.4, -0.2) is 58.4 Å². The molecule has 0 atom stereocenters. The van der Waals surface area contributed by atoms with E-state index in [4.69, 9.17) is 14.2 Å². The molecule has 0 radical (unpaired) electrons. The van der Waals surface area contributed by atoms with Crippen LogP contribution in [0.25, 0.3) is 0 Å². The second-order valence-corrected chi connectivity index (χ2v) is 6.29. The molecule has 1 N–H and O–H groups in total. The van der Waals surface area contributed by atoms with E-state index in [1.807, 2.05) is 25.2 Å². The average molecular weight is 349 g/mol. The summed E-state index contributed by atoms with van der Waals surface area (Å²) >= 11 is 0. The summed E-state index contributed by atoms with van der Waals surface area (Å²) in [6.45, 7) is 5.81. The van der Waals surface area contributed by atoms with E-state index in [1.165, 1.54) is 12.8 Å². The zero-order valence-electron chi connectivity index (χ0n) is 15.9. The van der Waals surface area contributed by atoms with Crippen molar-refractivity contribution in [1.82, 2.24) is 10.2 Å². The van der Waals surface area contributed by atoms with Gasteiger partial charge in [-0.15, -0.1) is 0 Å². The molecule has 1 saturated carbocycles. The van der Waals surface area contributed by atoms with Gasteiger partial charge in [-0.2, -0.15) is 0 Å². The van der Waals surface area contributed by atoms with Crippen molar-refractivity contribution in [3.05, 3.63) is 23.8 Å². The number of hydrogen-bond donors (Lipinski definition) is 1. The molecule has 1 aliphatic rings. The summed E-state index contributed by atoms with van der Waals surface area (Å²) in [5.41, 5.74) is 1.08. The molecule has 0 spiro atoms. The monoisotopic (exact) mass is 349 g/mol. The fraction of sp³-hybridized carbons (Fsp3) is 0.632. The minimum atomic E-state index is 0.666. The summed E-state index contributed by atoms with van der Waals surface area (Å²) in [4.78, 5) is 6.75. The summed E-state index contributed by atoms with van der Waals surface area (Å²) in [5.74, 6) is 3.27. The third kappa shape index (κ3) is 6.46. The Labute approximate surface area is 151 Å². The van der Waals surface area contributed by atoms with E-state index >= 15 is 0 Å². The highest BCUT2D eigenvalue weighted by atomic mass is 16.5. The molecule has 0 aliphatic heterocycles. The Morgan fingerprint density at radius 3 is 2.72 bits per heavy atom. The van der Waals surface area contributed by atoms with E-state index in [-0.39, 0.29) is 0 Å². The first-order valence-electron chi connectivity index (χ1n) is 8.96. The van der Waals surface area contributed by atoms with Gasteiger partial charge in [0.15, 0.2) is 5.96 Å². The summed E-state index contributed by atoms with van der Waals surface area (Å²) in [6.07, 6.45) is 2.64. The summed E-state index contributed by atoms with van der Waals surface area (Å²) in [5, 5.41) is 3.33. The maximum atomic E-state index is 5.66. The standard InChI is InChI=1S/C19H31N3O3/c1-5-20-19(21-10-11-25-14-15-6-7-15)22(2)13-16-8-9-17(23-3)12-18(16)24-4/h8-9,12,15H,5-7,10-11,13-14H2,1-4H3,(H,20,21). The molecule has 1 aromatic carbocycles. The number of nitrogens with one attached hydrogen (secondary N) is 1. The second kappa shape index (κ2) is 10.1. The predicted molar refractivity (Wildman–Crippen MR) is 101 cm³/mol. The molecule has 0 amide bonds. The summed E-state index contributed by atoms with van der Waals surface area (Å²) < 4.78 is 16.4. The van der Waals surface area contributed by atoms with Crippen molar-refractivity contribution in [3.63, 3.8) is 0 Å². The fourth-order valence-corrected chi connectivity index (χ4v) is 2.53. The van der Waals surface area contributed by atoms with Gasteiger partial charge in [0, 0.05) is 38.4 Å². The van der Waals surface area contributed by atoms with E-state index in [0.29, 0.717) is 19.7 Å². The van der Waals surface area contributed by atoms with Crippen LogP contribution in [0.3, 0.4) is 0 Å². The van der Waals surface area contributed by atoms with Crippen LogP contribution in [-0.2, 0) is 11.3 Å². The first-order chi connectivity index (χ1) is 12.2. The normalized spacial score (nSPS) is 14.3. The molecule has 6 heteroatoms. The number of methoxy groups -OCH3 is 2. The van der Waals surface area contributed by atoms with Crippen molar-refractivity contribution in [1.29, 1.82) is 0 Å². The minimum absolute atomic E-state index is 0.666. The zero-order chi connectivity index (χ0) is 18.1. The van der Waals surface area contributed by atoms with Gasteiger partial charge in [0.05, 0.1) is 27.4 Å². The van der Waals surface area contributed by atoms with Crippen LogP contribution >= 0.6 is 0 Å². The largest absolute Gasteiger partial charge is 0.497 e. The quantitative estimate of drug-likeness (QED) is 0.400. The Hall–Kier alpha value is -1.95. The number of hydrogen-bond acceptors (Lipinski definition) is 4. The SMILES string of the molecule is CCNC(=NCCOCC1CC1)N(C)Cc1ccc(OC)cc1OC. The number of rotatable bonds is 10. The van der Waals surface area contributed by atoms with E-state index in [1.54, 1.807) is 14.2 Å². The van der Waals surface area contributed by atoms with Gasteiger partial charge in [0.2, 0.25) is 0 Å². The Kier molecular flexibility index (Phi) is 7.85. The van der Waals surface area contributed by atoms with Crippen LogP contribution in [0.5, 0.6) is 11.5 Å². The highest BCUT2D eigenvalue weighted by Gasteiger charge is 2.20. The van der Waals surface area contributed by atoms with Gasteiger partial charge >= 0.3 is 0 Å². The molecule has 0 bridgehead atoms. The molecule has 0 heterocycles. The molecule has 25 heavy (non-hydrogen) atoms. The number of guanidine groups is 1. The number of ether oxygens (including phenoxy) is 3. The van der Waals surface area contributed by atoms with Crippen LogP contribution in [0.1, 0.15) is 25.3 Å². The minimum Gasteiger partial charge on any atom is -0.497 e. The first-order valence-corrected chi connectivity index (χ1v) is 8.96. The lowest BCUT2D eigenvalue weighted by Gasteiger charge is -2.23. The molecule has 0 unspecified atom stereocenters. The van der Waals surface area contributed by atoms with Gasteiger partial charge in [0.1, 0.15) is 11.5 Å². The molecule has 0 saturated heterocycles. The Bertz CT molecular complexity index is 559. The van der Waals surface area contributed by atoms with E-state index in [0.717, 1.165) is 42.1 Å². The molecular formula is C19H31N3O3. The Morgan fingerprint density at radius 2 is 2.08 bits per heavy atom. The lowest BCUT2D eigenvalue weighted by Crippen LogP contribution is -2.38. The average Bonchev–Trinajstić information content (AvgIpc) is 3.45. The molecule has 140 valence electrons. The van der Waals surface area contributed by atoms with Crippen molar-refractivity contribution < 1.29 is 14.2 Å². The number of nitrogens with zero attached hydrogens (tertiary/aromatic N) is 2.